The molecule has 1 fully saturated rings. The lowest BCUT2D eigenvalue weighted by Crippen LogP contribution is -2.53. The van der Waals surface area contributed by atoms with E-state index in [1.54, 1.807) is 21.1 Å². The molecule has 0 bridgehead atoms. The molecule has 3 unspecified atom stereocenters. The van der Waals surface area contributed by atoms with Crippen LogP contribution in [0.5, 0.6) is 0 Å². The van der Waals surface area contributed by atoms with Gasteiger partial charge in [-0.25, -0.2) is 0 Å². The minimum atomic E-state index is -0.901. The van der Waals surface area contributed by atoms with E-state index in [4.69, 9.17) is 9.47 Å². The third kappa shape index (κ3) is 4.41. The summed E-state index contributed by atoms with van der Waals surface area (Å²) in [5.41, 5.74) is -0.901. The Morgan fingerprint density at radius 2 is 1.85 bits per heavy atom. The molecule has 1 heterocycles. The molecular weight excluding hydrogens is 260 g/mol. The van der Waals surface area contributed by atoms with Gasteiger partial charge in [0.1, 0.15) is 5.54 Å². The number of carboxylic acids is 1. The van der Waals surface area contributed by atoms with Crippen LogP contribution in [0.25, 0.3) is 0 Å². The Morgan fingerprint density at radius 1 is 1.35 bits per heavy atom. The summed E-state index contributed by atoms with van der Waals surface area (Å²) < 4.78 is 10.8. The van der Waals surface area contributed by atoms with Crippen molar-refractivity contribution in [3.8, 4) is 0 Å². The summed E-state index contributed by atoms with van der Waals surface area (Å²) >= 11 is 0. The minimum Gasteiger partial charge on any atom is -0.480 e. The molecule has 0 spiro atoms. The van der Waals surface area contributed by atoms with E-state index in [1.165, 1.54) is 0 Å². The van der Waals surface area contributed by atoms with E-state index in [9.17, 15) is 9.90 Å². The van der Waals surface area contributed by atoms with E-state index < -0.39 is 11.5 Å². The molecule has 2 N–H and O–H groups in total. The summed E-state index contributed by atoms with van der Waals surface area (Å²) in [7, 11) is 3.36. The van der Waals surface area contributed by atoms with Crippen LogP contribution in [0.2, 0.25) is 0 Å². The molecule has 1 saturated heterocycles. The Morgan fingerprint density at radius 3 is 2.20 bits per heavy atom. The fourth-order valence-electron chi connectivity index (χ4n) is 2.71. The first-order valence-electron chi connectivity index (χ1n) is 7.11. The van der Waals surface area contributed by atoms with Crippen LogP contribution >= 0.6 is 0 Å². The largest absolute Gasteiger partial charge is 0.480 e. The van der Waals surface area contributed by atoms with E-state index in [0.717, 1.165) is 13.1 Å². The highest BCUT2D eigenvalue weighted by Crippen LogP contribution is 2.19. The normalized spacial score (nSPS) is 26.9. The molecule has 0 amide bonds. The molecule has 3 atom stereocenters. The van der Waals surface area contributed by atoms with Crippen LogP contribution in [0, 0.1) is 0 Å². The second-order valence-electron chi connectivity index (χ2n) is 5.99. The number of hydrogen-bond acceptors (Lipinski definition) is 5. The Hall–Kier alpha value is -0.690. The van der Waals surface area contributed by atoms with Crippen LogP contribution in [0.1, 0.15) is 27.2 Å². The summed E-state index contributed by atoms with van der Waals surface area (Å²) in [5.74, 6) is -0.808. The van der Waals surface area contributed by atoms with E-state index >= 15 is 0 Å². The summed E-state index contributed by atoms with van der Waals surface area (Å²) in [4.78, 5) is 13.7. The van der Waals surface area contributed by atoms with Crippen LogP contribution in [0.3, 0.4) is 0 Å². The number of carbonyl (C=O) groups is 1. The molecule has 118 valence electrons. The van der Waals surface area contributed by atoms with Crippen LogP contribution < -0.4 is 5.32 Å². The maximum absolute atomic E-state index is 11.5. The summed E-state index contributed by atoms with van der Waals surface area (Å²) in [6, 6.07) is 0.133. The van der Waals surface area contributed by atoms with E-state index in [0.29, 0.717) is 13.0 Å². The second kappa shape index (κ2) is 7.36. The zero-order chi connectivity index (χ0) is 15.3. The second-order valence-corrected chi connectivity index (χ2v) is 5.99. The number of carboxylic acid groups (broad SMARTS) is 1. The van der Waals surface area contributed by atoms with Crippen LogP contribution in [-0.2, 0) is 14.3 Å². The van der Waals surface area contributed by atoms with Gasteiger partial charge in [0.05, 0.1) is 12.2 Å². The van der Waals surface area contributed by atoms with E-state index in [-0.39, 0.29) is 18.2 Å². The molecule has 0 saturated carbocycles. The number of ether oxygens (including phenoxy) is 2. The number of nitrogens with zero attached hydrogens (tertiary/aromatic N) is 1. The minimum absolute atomic E-state index is 0.0640. The number of rotatable bonds is 8. The number of aliphatic carboxylic acids is 1. The number of methoxy groups -OCH3 is 2. The van der Waals surface area contributed by atoms with Crippen molar-refractivity contribution < 1.29 is 19.4 Å². The molecule has 20 heavy (non-hydrogen) atoms. The molecule has 1 rings (SSSR count). The van der Waals surface area contributed by atoms with Crippen molar-refractivity contribution in [1.29, 1.82) is 0 Å². The quantitative estimate of drug-likeness (QED) is 0.680. The smallest absolute Gasteiger partial charge is 0.323 e. The van der Waals surface area contributed by atoms with Gasteiger partial charge < -0.3 is 14.6 Å². The summed E-state index contributed by atoms with van der Waals surface area (Å²) in [6.07, 6.45) is 0.677. The Labute approximate surface area is 121 Å². The summed E-state index contributed by atoms with van der Waals surface area (Å²) in [6.45, 7) is 7.94. The van der Waals surface area contributed by atoms with Crippen molar-refractivity contribution in [2.75, 3.05) is 33.9 Å². The van der Waals surface area contributed by atoms with Gasteiger partial charge in [0.15, 0.2) is 0 Å². The lowest BCUT2D eigenvalue weighted by atomic mass is 9.96. The number of nitrogens with one attached hydrogen (secondary N) is 1. The molecular formula is C14H28N2O4. The Bertz CT molecular complexity index is 312. The first kappa shape index (κ1) is 17.4. The highest BCUT2D eigenvalue weighted by molar-refractivity contribution is 5.78. The number of hydrogen-bond donors (Lipinski definition) is 2. The zero-order valence-electron chi connectivity index (χ0n) is 13.2. The van der Waals surface area contributed by atoms with Gasteiger partial charge in [0, 0.05) is 39.9 Å². The maximum Gasteiger partial charge on any atom is 0.323 e. The van der Waals surface area contributed by atoms with Crippen molar-refractivity contribution in [3.63, 3.8) is 0 Å². The molecule has 6 heteroatoms. The highest BCUT2D eigenvalue weighted by atomic mass is 16.5. The maximum atomic E-state index is 11.5. The standard InChI is InChI=1S/C14H28N2O4/c1-10(2)15-14(3,13(17)18)6-7-16-8-11(19-4)12(9-16)20-5/h10-12,15H,6-9H2,1-5H3,(H,17,18). The van der Waals surface area contributed by atoms with Gasteiger partial charge in [-0.3, -0.25) is 15.0 Å². The molecule has 0 aromatic rings. The van der Waals surface area contributed by atoms with Gasteiger partial charge in [-0.2, -0.15) is 0 Å². The topological polar surface area (TPSA) is 71.0 Å². The van der Waals surface area contributed by atoms with Crippen molar-refractivity contribution in [2.45, 2.75) is 51.0 Å². The van der Waals surface area contributed by atoms with Crippen LogP contribution in [-0.4, -0.2) is 73.6 Å². The van der Waals surface area contributed by atoms with Gasteiger partial charge >= 0.3 is 5.97 Å². The third-order valence-electron chi connectivity index (χ3n) is 3.90. The van der Waals surface area contributed by atoms with Crippen molar-refractivity contribution in [2.24, 2.45) is 0 Å². The Kier molecular flexibility index (Phi) is 6.39. The lowest BCUT2D eigenvalue weighted by molar-refractivity contribution is -0.144. The van der Waals surface area contributed by atoms with E-state index in [1.807, 2.05) is 13.8 Å². The molecule has 0 aromatic heterocycles. The van der Waals surface area contributed by atoms with Crippen molar-refractivity contribution in [1.82, 2.24) is 10.2 Å². The molecule has 1 aliphatic rings. The van der Waals surface area contributed by atoms with Crippen molar-refractivity contribution >= 4 is 5.97 Å². The average Bonchev–Trinajstić information content (AvgIpc) is 2.77. The molecule has 0 aliphatic carbocycles. The molecule has 0 aromatic carbocycles. The fourth-order valence-corrected chi connectivity index (χ4v) is 2.71. The van der Waals surface area contributed by atoms with Gasteiger partial charge in [-0.15, -0.1) is 0 Å². The van der Waals surface area contributed by atoms with Gasteiger partial charge in [0.25, 0.3) is 0 Å². The lowest BCUT2D eigenvalue weighted by Gasteiger charge is -2.30. The van der Waals surface area contributed by atoms with Gasteiger partial charge in [-0.05, 0) is 27.2 Å². The van der Waals surface area contributed by atoms with Gasteiger partial charge in [0.2, 0.25) is 0 Å². The highest BCUT2D eigenvalue weighted by Gasteiger charge is 2.37. The van der Waals surface area contributed by atoms with Crippen molar-refractivity contribution in [3.05, 3.63) is 0 Å². The first-order valence-corrected chi connectivity index (χ1v) is 7.11. The van der Waals surface area contributed by atoms with Gasteiger partial charge in [-0.1, -0.05) is 0 Å². The molecule has 1 aliphatic heterocycles. The molecule has 0 radical (unpaired) electrons. The first-order chi connectivity index (χ1) is 9.32. The Balaban J connectivity index is 2.54. The fraction of sp³-hybridized carbons (Fsp3) is 0.929. The zero-order valence-corrected chi connectivity index (χ0v) is 13.2. The monoisotopic (exact) mass is 288 g/mol. The average molecular weight is 288 g/mol. The van der Waals surface area contributed by atoms with Crippen LogP contribution in [0.4, 0.5) is 0 Å². The number of likely N-dealkylation sites (tertiary alicyclic amines) is 1. The van der Waals surface area contributed by atoms with Crippen LogP contribution in [0.15, 0.2) is 0 Å². The SMILES string of the molecule is COC1CN(CCC(C)(NC(C)C)C(=O)O)CC1OC. The summed E-state index contributed by atoms with van der Waals surface area (Å²) in [5, 5.41) is 12.6. The predicted molar refractivity (Wildman–Crippen MR) is 77.0 cm³/mol. The predicted octanol–water partition coefficient (Wildman–Crippen LogP) is 0.563. The molecule has 6 nitrogen and oxygen atoms in total. The van der Waals surface area contributed by atoms with E-state index in [2.05, 4.69) is 10.2 Å². The third-order valence-corrected chi connectivity index (χ3v) is 3.90.